The second kappa shape index (κ2) is 7.36. The molecular formula is C15H23F2N3O. The van der Waals surface area contributed by atoms with Crippen molar-refractivity contribution in [3.05, 3.63) is 29.3 Å². The van der Waals surface area contributed by atoms with E-state index in [1.807, 2.05) is 32.8 Å². The van der Waals surface area contributed by atoms with Gasteiger partial charge in [0.25, 0.3) is 5.91 Å². The fourth-order valence-electron chi connectivity index (χ4n) is 1.93. The molecule has 0 aromatic heterocycles. The fourth-order valence-corrected chi connectivity index (χ4v) is 1.93. The Bertz CT molecular complexity index is 481. The molecule has 0 heterocycles. The summed E-state index contributed by atoms with van der Waals surface area (Å²) in [6, 6.07) is 1.98. The highest BCUT2D eigenvalue weighted by atomic mass is 19.1. The van der Waals surface area contributed by atoms with Gasteiger partial charge in [0.15, 0.2) is 0 Å². The number of halogens is 2. The molecule has 0 aliphatic rings. The van der Waals surface area contributed by atoms with Crippen LogP contribution in [0.1, 0.15) is 24.2 Å². The Kier molecular flexibility index (Phi) is 6.08. The number of hydrogen-bond donors (Lipinski definition) is 1. The molecule has 0 spiro atoms. The van der Waals surface area contributed by atoms with Crippen LogP contribution in [0.2, 0.25) is 0 Å². The molecule has 0 aliphatic heterocycles. The molecule has 1 amide bonds. The van der Waals surface area contributed by atoms with E-state index in [-0.39, 0.29) is 17.4 Å². The number of anilines is 1. The third-order valence-electron chi connectivity index (χ3n) is 3.02. The minimum absolute atomic E-state index is 0.0152. The van der Waals surface area contributed by atoms with E-state index in [2.05, 4.69) is 0 Å². The van der Waals surface area contributed by atoms with E-state index in [9.17, 15) is 13.6 Å². The molecular weight excluding hydrogens is 276 g/mol. The van der Waals surface area contributed by atoms with Crippen molar-refractivity contribution in [2.45, 2.75) is 13.8 Å². The fraction of sp³-hybridized carbons (Fsp3) is 0.533. The maximum Gasteiger partial charge on any atom is 0.254 e. The SMILES string of the molecule is CC(C)CN(CCN(C)C)C(=O)c1cc(F)c(N)c(F)c1. The van der Waals surface area contributed by atoms with Crippen molar-refractivity contribution in [1.29, 1.82) is 0 Å². The number of nitrogen functional groups attached to an aromatic ring is 1. The normalized spacial score (nSPS) is 11.2. The molecule has 4 nitrogen and oxygen atoms in total. The van der Waals surface area contributed by atoms with E-state index < -0.39 is 17.3 Å². The molecule has 118 valence electrons. The van der Waals surface area contributed by atoms with Crippen LogP contribution < -0.4 is 5.73 Å². The highest BCUT2D eigenvalue weighted by Gasteiger charge is 2.20. The van der Waals surface area contributed by atoms with Gasteiger partial charge in [0, 0.05) is 25.2 Å². The summed E-state index contributed by atoms with van der Waals surface area (Å²) in [5.74, 6) is -1.94. The lowest BCUT2D eigenvalue weighted by Crippen LogP contribution is -2.39. The van der Waals surface area contributed by atoms with Crippen LogP contribution in [-0.2, 0) is 0 Å². The van der Waals surface area contributed by atoms with Crippen LogP contribution in [-0.4, -0.2) is 49.4 Å². The number of hydrogen-bond acceptors (Lipinski definition) is 3. The number of amides is 1. The Morgan fingerprint density at radius 2 is 1.71 bits per heavy atom. The lowest BCUT2D eigenvalue weighted by atomic mass is 10.1. The Morgan fingerprint density at radius 3 is 2.14 bits per heavy atom. The second-order valence-corrected chi connectivity index (χ2v) is 5.80. The molecule has 0 bridgehead atoms. The number of nitrogens with zero attached hydrogens (tertiary/aromatic N) is 2. The van der Waals surface area contributed by atoms with Gasteiger partial charge in [0.05, 0.1) is 0 Å². The molecule has 1 rings (SSSR count). The van der Waals surface area contributed by atoms with Gasteiger partial charge in [-0.15, -0.1) is 0 Å². The molecule has 2 N–H and O–H groups in total. The minimum Gasteiger partial charge on any atom is -0.394 e. The molecule has 0 saturated heterocycles. The van der Waals surface area contributed by atoms with Gasteiger partial charge in [-0.1, -0.05) is 13.8 Å². The van der Waals surface area contributed by atoms with E-state index in [0.29, 0.717) is 19.6 Å². The van der Waals surface area contributed by atoms with Gasteiger partial charge in [-0.25, -0.2) is 8.78 Å². The lowest BCUT2D eigenvalue weighted by molar-refractivity contribution is 0.0723. The summed E-state index contributed by atoms with van der Waals surface area (Å²) in [5, 5.41) is 0. The predicted octanol–water partition coefficient (Wildman–Crippen LogP) is 2.21. The van der Waals surface area contributed by atoms with Crippen molar-refractivity contribution in [3.63, 3.8) is 0 Å². The average Bonchev–Trinajstić information content (AvgIpc) is 2.38. The first kappa shape index (κ1) is 17.4. The third-order valence-corrected chi connectivity index (χ3v) is 3.02. The van der Waals surface area contributed by atoms with E-state index in [1.165, 1.54) is 0 Å². The molecule has 6 heteroatoms. The third kappa shape index (κ3) is 4.97. The Labute approximate surface area is 124 Å². The topological polar surface area (TPSA) is 49.6 Å². The number of carbonyl (C=O) groups is 1. The maximum atomic E-state index is 13.5. The van der Waals surface area contributed by atoms with E-state index in [1.54, 1.807) is 4.90 Å². The van der Waals surface area contributed by atoms with Gasteiger partial charge in [0.1, 0.15) is 17.3 Å². The minimum atomic E-state index is -0.907. The van der Waals surface area contributed by atoms with Gasteiger partial charge in [-0.2, -0.15) is 0 Å². The van der Waals surface area contributed by atoms with Crippen molar-refractivity contribution in [3.8, 4) is 0 Å². The number of benzene rings is 1. The molecule has 0 fully saturated rings. The van der Waals surface area contributed by atoms with Crippen LogP contribution in [0, 0.1) is 17.6 Å². The Morgan fingerprint density at radius 1 is 1.19 bits per heavy atom. The zero-order valence-electron chi connectivity index (χ0n) is 13.0. The van der Waals surface area contributed by atoms with E-state index >= 15 is 0 Å². The van der Waals surface area contributed by atoms with Gasteiger partial charge in [0.2, 0.25) is 0 Å². The maximum absolute atomic E-state index is 13.5. The second-order valence-electron chi connectivity index (χ2n) is 5.80. The number of carbonyl (C=O) groups excluding carboxylic acids is 1. The van der Waals surface area contributed by atoms with Gasteiger partial charge >= 0.3 is 0 Å². The molecule has 0 aliphatic carbocycles. The monoisotopic (exact) mass is 299 g/mol. The summed E-state index contributed by atoms with van der Waals surface area (Å²) in [7, 11) is 3.81. The summed E-state index contributed by atoms with van der Waals surface area (Å²) >= 11 is 0. The first-order chi connectivity index (χ1) is 9.72. The van der Waals surface area contributed by atoms with E-state index in [0.717, 1.165) is 12.1 Å². The molecule has 0 atom stereocenters. The van der Waals surface area contributed by atoms with Gasteiger partial charge in [-0.3, -0.25) is 4.79 Å². The molecule has 1 aromatic rings. The highest BCUT2D eigenvalue weighted by molar-refractivity contribution is 5.94. The Balaban J connectivity index is 2.98. The standard InChI is InChI=1S/C15H23F2N3O/c1-10(2)9-20(6-5-19(3)4)15(21)11-7-12(16)14(18)13(17)8-11/h7-8,10H,5-6,9,18H2,1-4H3. The highest BCUT2D eigenvalue weighted by Crippen LogP contribution is 2.19. The lowest BCUT2D eigenvalue weighted by Gasteiger charge is -2.26. The summed E-state index contributed by atoms with van der Waals surface area (Å²) in [6.07, 6.45) is 0. The molecule has 1 aromatic carbocycles. The van der Waals surface area contributed by atoms with Crippen LogP contribution in [0.3, 0.4) is 0 Å². The first-order valence-corrected chi connectivity index (χ1v) is 6.91. The molecule has 0 unspecified atom stereocenters. The quantitative estimate of drug-likeness (QED) is 0.819. The van der Waals surface area contributed by atoms with Crippen LogP contribution in [0.15, 0.2) is 12.1 Å². The number of rotatable bonds is 6. The van der Waals surface area contributed by atoms with Crippen molar-refractivity contribution in [2.24, 2.45) is 5.92 Å². The Hall–Kier alpha value is -1.69. The number of likely N-dealkylation sites (N-methyl/N-ethyl adjacent to an activating group) is 1. The van der Waals surface area contributed by atoms with Crippen molar-refractivity contribution in [2.75, 3.05) is 39.5 Å². The summed E-state index contributed by atoms with van der Waals surface area (Å²) < 4.78 is 27.0. The van der Waals surface area contributed by atoms with Gasteiger partial charge in [-0.05, 0) is 32.1 Å². The summed E-state index contributed by atoms with van der Waals surface area (Å²) in [4.78, 5) is 16.0. The van der Waals surface area contributed by atoms with Crippen molar-refractivity contribution >= 4 is 11.6 Å². The summed E-state index contributed by atoms with van der Waals surface area (Å²) in [6.45, 7) is 5.68. The molecule has 0 radical (unpaired) electrons. The smallest absolute Gasteiger partial charge is 0.254 e. The van der Waals surface area contributed by atoms with Gasteiger partial charge < -0.3 is 15.5 Å². The van der Waals surface area contributed by atoms with E-state index in [4.69, 9.17) is 5.73 Å². The van der Waals surface area contributed by atoms with Crippen LogP contribution in [0.25, 0.3) is 0 Å². The molecule has 21 heavy (non-hydrogen) atoms. The molecule has 0 saturated carbocycles. The predicted molar refractivity (Wildman–Crippen MR) is 80.1 cm³/mol. The average molecular weight is 299 g/mol. The zero-order valence-corrected chi connectivity index (χ0v) is 13.0. The largest absolute Gasteiger partial charge is 0.394 e. The van der Waals surface area contributed by atoms with Crippen LogP contribution in [0.4, 0.5) is 14.5 Å². The van der Waals surface area contributed by atoms with Crippen molar-refractivity contribution in [1.82, 2.24) is 9.80 Å². The summed E-state index contributed by atoms with van der Waals surface area (Å²) in [5.41, 5.74) is 4.65. The van der Waals surface area contributed by atoms with Crippen LogP contribution in [0.5, 0.6) is 0 Å². The van der Waals surface area contributed by atoms with Crippen molar-refractivity contribution < 1.29 is 13.6 Å². The number of nitrogens with two attached hydrogens (primary N) is 1. The zero-order chi connectivity index (χ0) is 16.2. The van der Waals surface area contributed by atoms with Crippen LogP contribution >= 0.6 is 0 Å². The first-order valence-electron chi connectivity index (χ1n) is 6.91.